The number of rotatable bonds is 8. The highest BCUT2D eigenvalue weighted by Gasteiger charge is 2.37. The lowest BCUT2D eigenvalue weighted by Gasteiger charge is -2.19. The number of carbonyl (C=O) groups excluding carboxylic acids is 3. The van der Waals surface area contributed by atoms with E-state index in [0.29, 0.717) is 29.4 Å². The van der Waals surface area contributed by atoms with Gasteiger partial charge in [0.05, 0.1) is 25.3 Å². The number of methoxy groups -OCH3 is 1. The Morgan fingerprint density at radius 1 is 1.14 bits per heavy atom. The standard InChI is InChI=1S/C22H23NO6/c1-3-28-20-10-5-4-9-18(20)23-13-16(12-21(23)25)22(26)29-14-19(24)15-7-6-8-17(11-15)27-2/h4-11,16H,3,12-14H2,1-2H3/t16-/m1/s1. The average molecular weight is 397 g/mol. The van der Waals surface area contributed by atoms with Crippen molar-refractivity contribution in [2.45, 2.75) is 13.3 Å². The third-order valence-electron chi connectivity index (χ3n) is 4.65. The summed E-state index contributed by atoms with van der Waals surface area (Å²) in [6.07, 6.45) is 0.0344. The van der Waals surface area contributed by atoms with Gasteiger partial charge in [0.2, 0.25) is 5.91 Å². The molecule has 0 unspecified atom stereocenters. The number of esters is 1. The topological polar surface area (TPSA) is 82.1 Å². The number of ether oxygens (including phenoxy) is 3. The van der Waals surface area contributed by atoms with Gasteiger partial charge in [-0.2, -0.15) is 0 Å². The highest BCUT2D eigenvalue weighted by Crippen LogP contribution is 2.33. The van der Waals surface area contributed by atoms with E-state index in [9.17, 15) is 14.4 Å². The normalized spacial score (nSPS) is 15.9. The Hall–Kier alpha value is -3.35. The first kappa shape index (κ1) is 20.4. The SMILES string of the molecule is CCOc1ccccc1N1C[C@H](C(=O)OCC(=O)c2cccc(OC)c2)CC1=O. The smallest absolute Gasteiger partial charge is 0.311 e. The van der Waals surface area contributed by atoms with Crippen LogP contribution in [0.4, 0.5) is 5.69 Å². The van der Waals surface area contributed by atoms with Gasteiger partial charge in [-0.05, 0) is 31.2 Å². The molecule has 152 valence electrons. The Balaban J connectivity index is 1.61. The van der Waals surface area contributed by atoms with E-state index in [4.69, 9.17) is 14.2 Å². The first-order valence-electron chi connectivity index (χ1n) is 9.39. The Morgan fingerprint density at radius 2 is 1.93 bits per heavy atom. The lowest BCUT2D eigenvalue weighted by molar-refractivity contribution is -0.147. The fourth-order valence-corrected chi connectivity index (χ4v) is 3.19. The molecule has 1 aliphatic rings. The number of hydrogen-bond acceptors (Lipinski definition) is 6. The number of nitrogens with zero attached hydrogens (tertiary/aromatic N) is 1. The second kappa shape index (κ2) is 9.23. The number of ketones is 1. The van der Waals surface area contributed by atoms with Gasteiger partial charge < -0.3 is 19.1 Å². The summed E-state index contributed by atoms with van der Waals surface area (Å²) in [6.45, 7) is 2.14. The van der Waals surface area contributed by atoms with Gasteiger partial charge in [-0.3, -0.25) is 14.4 Å². The molecule has 7 nitrogen and oxygen atoms in total. The Bertz CT molecular complexity index is 910. The molecule has 0 aromatic heterocycles. The van der Waals surface area contributed by atoms with E-state index >= 15 is 0 Å². The third-order valence-corrected chi connectivity index (χ3v) is 4.65. The summed E-state index contributed by atoms with van der Waals surface area (Å²) in [7, 11) is 1.51. The molecule has 1 amide bonds. The van der Waals surface area contributed by atoms with Crippen LogP contribution in [-0.4, -0.2) is 44.5 Å². The zero-order valence-electron chi connectivity index (χ0n) is 16.4. The molecule has 1 heterocycles. The van der Waals surface area contributed by atoms with Crippen LogP contribution in [0.2, 0.25) is 0 Å². The van der Waals surface area contributed by atoms with E-state index in [1.54, 1.807) is 36.4 Å². The summed E-state index contributed by atoms with van der Waals surface area (Å²) in [5.74, 6) is -0.572. The van der Waals surface area contributed by atoms with Gasteiger partial charge >= 0.3 is 5.97 Å². The van der Waals surface area contributed by atoms with Crippen molar-refractivity contribution in [3.05, 3.63) is 54.1 Å². The second-order valence-corrected chi connectivity index (χ2v) is 6.57. The molecule has 0 N–H and O–H groups in total. The lowest BCUT2D eigenvalue weighted by Crippen LogP contribution is -2.27. The summed E-state index contributed by atoms with van der Waals surface area (Å²) in [6, 6.07) is 13.8. The molecule has 7 heteroatoms. The molecule has 1 fully saturated rings. The van der Waals surface area contributed by atoms with E-state index in [0.717, 1.165) is 0 Å². The number of carbonyl (C=O) groups is 3. The molecule has 0 aliphatic carbocycles. The van der Waals surface area contributed by atoms with Gasteiger partial charge in [-0.15, -0.1) is 0 Å². The molecule has 3 rings (SSSR count). The molecule has 0 spiro atoms. The van der Waals surface area contributed by atoms with E-state index in [-0.39, 0.29) is 31.3 Å². The zero-order chi connectivity index (χ0) is 20.8. The minimum Gasteiger partial charge on any atom is -0.497 e. The van der Waals surface area contributed by atoms with Crippen LogP contribution in [-0.2, 0) is 14.3 Å². The van der Waals surface area contributed by atoms with Gasteiger partial charge in [-0.1, -0.05) is 24.3 Å². The molecule has 1 saturated heterocycles. The Morgan fingerprint density at radius 3 is 2.69 bits per heavy atom. The van der Waals surface area contributed by atoms with Gasteiger partial charge in [0.25, 0.3) is 0 Å². The van der Waals surface area contributed by atoms with Gasteiger partial charge in [-0.25, -0.2) is 0 Å². The number of para-hydroxylation sites is 2. The summed E-state index contributed by atoms with van der Waals surface area (Å²) in [4.78, 5) is 38.7. The predicted molar refractivity (Wildman–Crippen MR) is 106 cm³/mol. The van der Waals surface area contributed by atoms with Crippen molar-refractivity contribution in [1.29, 1.82) is 0 Å². The molecular weight excluding hydrogens is 374 g/mol. The van der Waals surface area contributed by atoms with Crippen LogP contribution in [0.3, 0.4) is 0 Å². The Labute approximate surface area is 169 Å². The van der Waals surface area contributed by atoms with E-state index in [1.165, 1.54) is 12.0 Å². The van der Waals surface area contributed by atoms with Crippen LogP contribution in [0.25, 0.3) is 0 Å². The van der Waals surface area contributed by atoms with Crippen molar-refractivity contribution in [3.63, 3.8) is 0 Å². The summed E-state index contributed by atoms with van der Waals surface area (Å²) < 4.78 is 15.9. The number of anilines is 1. The molecular formula is C22H23NO6. The molecule has 1 aliphatic heterocycles. The van der Waals surface area contributed by atoms with Crippen molar-refractivity contribution in [2.24, 2.45) is 5.92 Å². The molecule has 0 saturated carbocycles. The average Bonchev–Trinajstić information content (AvgIpc) is 3.14. The molecule has 1 atom stereocenters. The summed E-state index contributed by atoms with van der Waals surface area (Å²) in [5, 5.41) is 0. The van der Waals surface area contributed by atoms with E-state index < -0.39 is 11.9 Å². The predicted octanol–water partition coefficient (Wildman–Crippen LogP) is 2.87. The zero-order valence-corrected chi connectivity index (χ0v) is 16.4. The quantitative estimate of drug-likeness (QED) is 0.503. The number of hydrogen-bond donors (Lipinski definition) is 0. The fourth-order valence-electron chi connectivity index (χ4n) is 3.19. The lowest BCUT2D eigenvalue weighted by atomic mass is 10.1. The number of amides is 1. The van der Waals surface area contributed by atoms with Gasteiger partial charge in [0.15, 0.2) is 12.4 Å². The number of benzene rings is 2. The molecule has 2 aromatic rings. The second-order valence-electron chi connectivity index (χ2n) is 6.57. The summed E-state index contributed by atoms with van der Waals surface area (Å²) >= 11 is 0. The molecule has 29 heavy (non-hydrogen) atoms. The van der Waals surface area contributed by atoms with Crippen molar-refractivity contribution < 1.29 is 28.6 Å². The van der Waals surface area contributed by atoms with Gasteiger partial charge in [0.1, 0.15) is 11.5 Å². The minimum atomic E-state index is -0.629. The van der Waals surface area contributed by atoms with Crippen molar-refractivity contribution in [1.82, 2.24) is 0 Å². The van der Waals surface area contributed by atoms with Gasteiger partial charge in [0, 0.05) is 18.5 Å². The molecule has 2 aromatic carbocycles. The van der Waals surface area contributed by atoms with E-state index in [2.05, 4.69) is 0 Å². The Kier molecular flexibility index (Phi) is 6.49. The monoisotopic (exact) mass is 397 g/mol. The maximum absolute atomic E-state index is 12.5. The highest BCUT2D eigenvalue weighted by atomic mass is 16.5. The van der Waals surface area contributed by atoms with Crippen molar-refractivity contribution in [2.75, 3.05) is 31.8 Å². The van der Waals surface area contributed by atoms with Crippen LogP contribution in [0.5, 0.6) is 11.5 Å². The maximum Gasteiger partial charge on any atom is 0.311 e. The molecule has 0 bridgehead atoms. The highest BCUT2D eigenvalue weighted by molar-refractivity contribution is 6.01. The maximum atomic E-state index is 12.5. The largest absolute Gasteiger partial charge is 0.497 e. The minimum absolute atomic E-state index is 0.0344. The first-order valence-corrected chi connectivity index (χ1v) is 9.39. The van der Waals surface area contributed by atoms with E-state index in [1.807, 2.05) is 19.1 Å². The first-order chi connectivity index (χ1) is 14.0. The third kappa shape index (κ3) is 4.74. The molecule has 0 radical (unpaired) electrons. The van der Waals surface area contributed by atoms with Crippen molar-refractivity contribution in [3.8, 4) is 11.5 Å². The van der Waals surface area contributed by atoms with Crippen LogP contribution >= 0.6 is 0 Å². The van der Waals surface area contributed by atoms with Crippen molar-refractivity contribution >= 4 is 23.3 Å². The summed E-state index contributed by atoms with van der Waals surface area (Å²) in [5.41, 5.74) is 1.02. The van der Waals surface area contributed by atoms with Crippen LogP contribution in [0.15, 0.2) is 48.5 Å². The van der Waals surface area contributed by atoms with Crippen LogP contribution in [0.1, 0.15) is 23.7 Å². The van der Waals surface area contributed by atoms with Crippen LogP contribution < -0.4 is 14.4 Å². The fraction of sp³-hybridized carbons (Fsp3) is 0.318. The van der Waals surface area contributed by atoms with Crippen LogP contribution in [0, 0.1) is 5.92 Å². The number of Topliss-reactive ketones (excluding diaryl/α,β-unsaturated/α-hetero) is 1.